The number of benzene rings is 1. The highest BCUT2D eigenvalue weighted by Gasteiger charge is 2.43. The number of nitro groups is 1. The van der Waals surface area contributed by atoms with Crippen LogP contribution in [0.3, 0.4) is 0 Å². The number of nitro benzene ring substituents is 1. The van der Waals surface area contributed by atoms with Gasteiger partial charge in [-0.3, -0.25) is 10.1 Å². The summed E-state index contributed by atoms with van der Waals surface area (Å²) in [4.78, 5) is 10.4. The molecule has 1 aromatic rings. The molecule has 100 valence electrons. The maximum atomic E-state index is 10.9. The lowest BCUT2D eigenvalue weighted by molar-refractivity contribution is -0.385. The van der Waals surface area contributed by atoms with Crippen LogP contribution in [-0.4, -0.2) is 18.6 Å². The Bertz CT molecular complexity index is 532. The van der Waals surface area contributed by atoms with Gasteiger partial charge in [-0.15, -0.1) is 0 Å². The lowest BCUT2D eigenvalue weighted by Crippen LogP contribution is -2.12. The van der Waals surface area contributed by atoms with Crippen LogP contribution in [0.25, 0.3) is 0 Å². The smallest absolute Gasteiger partial charge is 0.314 e. The highest BCUT2D eigenvalue weighted by atomic mass is 16.6. The van der Waals surface area contributed by atoms with Gasteiger partial charge in [0, 0.05) is 11.8 Å². The van der Waals surface area contributed by atoms with E-state index in [4.69, 9.17) is 14.7 Å². The molecule has 0 spiro atoms. The fourth-order valence-electron chi connectivity index (χ4n) is 1.86. The molecule has 0 saturated heterocycles. The molecule has 0 bridgehead atoms. The lowest BCUT2D eigenvalue weighted by Gasteiger charge is -2.13. The molecule has 0 N–H and O–H groups in total. The molecule has 0 amide bonds. The zero-order valence-electron chi connectivity index (χ0n) is 10.6. The maximum Gasteiger partial charge on any atom is 0.314 e. The van der Waals surface area contributed by atoms with Crippen LogP contribution < -0.4 is 9.47 Å². The van der Waals surface area contributed by atoms with Crippen LogP contribution in [0.2, 0.25) is 0 Å². The summed E-state index contributed by atoms with van der Waals surface area (Å²) in [6.07, 6.45) is 2.41. The van der Waals surface area contributed by atoms with Crippen molar-refractivity contribution in [3.05, 3.63) is 28.3 Å². The van der Waals surface area contributed by atoms with E-state index in [2.05, 4.69) is 6.07 Å². The van der Waals surface area contributed by atoms with Crippen LogP contribution >= 0.6 is 0 Å². The molecule has 0 aromatic heterocycles. The Morgan fingerprint density at radius 3 is 2.79 bits per heavy atom. The second-order valence-electron chi connectivity index (χ2n) is 4.71. The Morgan fingerprint density at radius 1 is 1.53 bits per heavy atom. The van der Waals surface area contributed by atoms with Gasteiger partial charge in [-0.05, 0) is 25.0 Å². The van der Waals surface area contributed by atoms with Gasteiger partial charge < -0.3 is 9.47 Å². The van der Waals surface area contributed by atoms with Crippen LogP contribution in [0.15, 0.2) is 18.2 Å². The van der Waals surface area contributed by atoms with Crippen LogP contribution in [0.5, 0.6) is 11.5 Å². The fourth-order valence-corrected chi connectivity index (χ4v) is 1.86. The van der Waals surface area contributed by atoms with Crippen molar-refractivity contribution in [2.75, 3.05) is 13.7 Å². The van der Waals surface area contributed by atoms with Gasteiger partial charge in [0.25, 0.3) is 0 Å². The number of methoxy groups -OCH3 is 1. The van der Waals surface area contributed by atoms with Gasteiger partial charge in [0.05, 0.1) is 30.8 Å². The molecule has 0 radical (unpaired) electrons. The molecule has 0 atom stereocenters. The third kappa shape index (κ3) is 2.94. The maximum absolute atomic E-state index is 10.9. The van der Waals surface area contributed by atoms with Gasteiger partial charge in [-0.25, -0.2) is 0 Å². The average Bonchev–Trinajstić information content (AvgIpc) is 3.17. The number of nitriles is 1. The molecule has 1 aromatic carbocycles. The first-order chi connectivity index (χ1) is 9.10. The Hall–Kier alpha value is -2.29. The first-order valence-corrected chi connectivity index (χ1v) is 5.92. The Morgan fingerprint density at radius 2 is 2.26 bits per heavy atom. The zero-order valence-corrected chi connectivity index (χ0v) is 10.6. The summed E-state index contributed by atoms with van der Waals surface area (Å²) >= 11 is 0. The molecule has 0 unspecified atom stereocenters. The van der Waals surface area contributed by atoms with Gasteiger partial charge in [0.1, 0.15) is 5.75 Å². The summed E-state index contributed by atoms with van der Waals surface area (Å²) in [5, 5.41) is 19.6. The lowest BCUT2D eigenvalue weighted by atomic mass is 10.1. The van der Waals surface area contributed by atoms with Crippen LogP contribution in [0.1, 0.15) is 19.3 Å². The van der Waals surface area contributed by atoms with E-state index in [9.17, 15) is 10.1 Å². The van der Waals surface area contributed by atoms with Gasteiger partial charge in [-0.2, -0.15) is 5.26 Å². The quantitative estimate of drug-likeness (QED) is 0.581. The fraction of sp³-hybridized carbons (Fsp3) is 0.462. The Labute approximate surface area is 110 Å². The van der Waals surface area contributed by atoms with Crippen molar-refractivity contribution < 1.29 is 14.4 Å². The van der Waals surface area contributed by atoms with Crippen molar-refractivity contribution in [3.63, 3.8) is 0 Å². The van der Waals surface area contributed by atoms with E-state index in [1.165, 1.54) is 19.2 Å². The summed E-state index contributed by atoms with van der Waals surface area (Å²) < 4.78 is 10.5. The third-order valence-corrected chi connectivity index (χ3v) is 3.30. The van der Waals surface area contributed by atoms with Crippen molar-refractivity contribution in [3.8, 4) is 17.6 Å². The molecule has 0 aliphatic heterocycles. The summed E-state index contributed by atoms with van der Waals surface area (Å²) in [6, 6.07) is 6.64. The molecular weight excluding hydrogens is 248 g/mol. The summed E-state index contributed by atoms with van der Waals surface area (Å²) in [5.41, 5.74) is -0.172. The SMILES string of the molecule is COc1ccc(OCC2(CC#N)CC2)cc1[N+](=O)[O-]. The number of hydrogen-bond donors (Lipinski definition) is 0. The molecule has 6 nitrogen and oxygen atoms in total. The number of ether oxygens (including phenoxy) is 2. The van der Waals surface area contributed by atoms with Crippen molar-refractivity contribution in [1.82, 2.24) is 0 Å². The highest BCUT2D eigenvalue weighted by Crippen LogP contribution is 2.48. The standard InChI is InChI=1S/C13H14N2O4/c1-18-12-3-2-10(8-11(12)15(16)17)19-9-13(4-5-13)6-7-14/h2-3,8H,4-6,9H2,1H3. The van der Waals surface area contributed by atoms with E-state index < -0.39 is 4.92 Å². The second-order valence-corrected chi connectivity index (χ2v) is 4.71. The topological polar surface area (TPSA) is 85.4 Å². The second kappa shape index (κ2) is 5.14. The van der Waals surface area contributed by atoms with Crippen molar-refractivity contribution in [2.45, 2.75) is 19.3 Å². The minimum Gasteiger partial charge on any atom is -0.493 e. The largest absolute Gasteiger partial charge is 0.493 e. The molecule has 2 rings (SSSR count). The van der Waals surface area contributed by atoms with Gasteiger partial charge in [-0.1, -0.05) is 0 Å². The minimum absolute atomic E-state index is 0.0521. The van der Waals surface area contributed by atoms with Gasteiger partial charge in [0.2, 0.25) is 0 Å². The minimum atomic E-state index is -0.506. The van der Waals surface area contributed by atoms with E-state index in [0.29, 0.717) is 18.8 Å². The Kier molecular flexibility index (Phi) is 3.56. The van der Waals surface area contributed by atoms with Gasteiger partial charge in [0.15, 0.2) is 5.75 Å². The number of nitrogens with zero attached hydrogens (tertiary/aromatic N) is 2. The molecule has 0 heterocycles. The number of rotatable bonds is 6. The molecule has 1 saturated carbocycles. The van der Waals surface area contributed by atoms with E-state index in [1.807, 2.05) is 0 Å². The third-order valence-electron chi connectivity index (χ3n) is 3.30. The van der Waals surface area contributed by atoms with Crippen molar-refractivity contribution in [1.29, 1.82) is 5.26 Å². The molecule has 1 fully saturated rings. The van der Waals surface area contributed by atoms with Gasteiger partial charge >= 0.3 is 5.69 Å². The summed E-state index contributed by atoms with van der Waals surface area (Å²) in [6.45, 7) is 0.421. The normalized spacial score (nSPS) is 15.4. The number of hydrogen-bond acceptors (Lipinski definition) is 5. The summed E-state index contributed by atoms with van der Waals surface area (Å²) in [5.74, 6) is 0.632. The molecule has 1 aliphatic rings. The summed E-state index contributed by atoms with van der Waals surface area (Å²) in [7, 11) is 1.38. The molecule has 1 aliphatic carbocycles. The van der Waals surface area contributed by atoms with E-state index in [-0.39, 0.29) is 16.9 Å². The first-order valence-electron chi connectivity index (χ1n) is 5.92. The van der Waals surface area contributed by atoms with Crippen molar-refractivity contribution in [2.24, 2.45) is 5.41 Å². The zero-order chi connectivity index (χ0) is 13.9. The monoisotopic (exact) mass is 262 g/mol. The van der Waals surface area contributed by atoms with Crippen LogP contribution in [0.4, 0.5) is 5.69 Å². The predicted octanol–water partition coefficient (Wildman–Crippen LogP) is 2.68. The van der Waals surface area contributed by atoms with Crippen LogP contribution in [-0.2, 0) is 0 Å². The Balaban J connectivity index is 2.07. The van der Waals surface area contributed by atoms with Crippen molar-refractivity contribution >= 4 is 5.69 Å². The predicted molar refractivity (Wildman–Crippen MR) is 67.0 cm³/mol. The molecule has 19 heavy (non-hydrogen) atoms. The molecule has 6 heteroatoms. The van der Waals surface area contributed by atoms with Crippen LogP contribution in [0, 0.1) is 26.9 Å². The van der Waals surface area contributed by atoms with E-state index in [1.54, 1.807) is 6.07 Å². The first kappa shape index (κ1) is 13.1. The highest BCUT2D eigenvalue weighted by molar-refractivity contribution is 5.50. The van der Waals surface area contributed by atoms with E-state index in [0.717, 1.165) is 12.8 Å². The molecular formula is C13H14N2O4. The average molecular weight is 262 g/mol. The van der Waals surface area contributed by atoms with E-state index >= 15 is 0 Å².